The summed E-state index contributed by atoms with van der Waals surface area (Å²) in [6.45, 7) is 3.02. The smallest absolute Gasteiger partial charge is 0.226 e. The Balaban J connectivity index is 1.69. The standard InChI is InChI=1S/C20H25N5O2/c1-13-5-7-14(8-6-13)12-27-17-10-18-23-24-20(21)25(18)11-16(17)15-4-3-9-22-19(15)26-2/h3-4,9-11,13-14H,5-8,12H2,1-2H3,(H2,21,24)/t13-,14-. The molecule has 7 heteroatoms. The van der Waals surface area contributed by atoms with Crippen molar-refractivity contribution < 1.29 is 9.47 Å². The fourth-order valence-electron chi connectivity index (χ4n) is 3.72. The van der Waals surface area contributed by atoms with E-state index in [9.17, 15) is 0 Å². The van der Waals surface area contributed by atoms with Gasteiger partial charge in [-0.25, -0.2) is 4.98 Å². The number of hydrogen-bond donors (Lipinski definition) is 1. The van der Waals surface area contributed by atoms with Crippen LogP contribution in [-0.2, 0) is 0 Å². The molecule has 0 aromatic carbocycles. The largest absolute Gasteiger partial charge is 0.492 e. The molecule has 7 nitrogen and oxygen atoms in total. The Bertz CT molecular complexity index is 931. The van der Waals surface area contributed by atoms with E-state index < -0.39 is 0 Å². The number of ether oxygens (including phenoxy) is 2. The highest BCUT2D eigenvalue weighted by atomic mass is 16.5. The molecule has 4 rings (SSSR count). The lowest BCUT2D eigenvalue weighted by atomic mass is 9.83. The van der Waals surface area contributed by atoms with Crippen molar-refractivity contribution >= 4 is 11.6 Å². The minimum absolute atomic E-state index is 0.335. The molecule has 0 aliphatic heterocycles. The molecule has 0 amide bonds. The monoisotopic (exact) mass is 367 g/mol. The third kappa shape index (κ3) is 3.54. The van der Waals surface area contributed by atoms with E-state index in [1.54, 1.807) is 17.7 Å². The van der Waals surface area contributed by atoms with Crippen molar-refractivity contribution in [3.8, 4) is 22.8 Å². The first-order valence-corrected chi connectivity index (χ1v) is 9.42. The number of pyridine rings is 2. The van der Waals surface area contributed by atoms with Gasteiger partial charge >= 0.3 is 0 Å². The fourth-order valence-corrected chi connectivity index (χ4v) is 3.72. The Kier molecular flexibility index (Phi) is 4.83. The molecule has 27 heavy (non-hydrogen) atoms. The van der Waals surface area contributed by atoms with Crippen LogP contribution in [0.5, 0.6) is 11.6 Å². The zero-order chi connectivity index (χ0) is 18.8. The molecule has 0 spiro atoms. The average Bonchev–Trinajstić information content (AvgIpc) is 3.06. The summed E-state index contributed by atoms with van der Waals surface area (Å²) in [6.07, 6.45) is 8.58. The van der Waals surface area contributed by atoms with Crippen LogP contribution >= 0.6 is 0 Å². The highest BCUT2D eigenvalue weighted by Crippen LogP contribution is 2.37. The number of nitrogens with two attached hydrogens (primary N) is 1. The summed E-state index contributed by atoms with van der Waals surface area (Å²) in [6, 6.07) is 5.73. The van der Waals surface area contributed by atoms with Crippen molar-refractivity contribution in [1.82, 2.24) is 19.6 Å². The van der Waals surface area contributed by atoms with Crippen LogP contribution in [0.4, 0.5) is 5.95 Å². The summed E-state index contributed by atoms with van der Waals surface area (Å²) in [5.41, 5.74) is 8.32. The lowest BCUT2D eigenvalue weighted by Crippen LogP contribution is -2.19. The molecule has 0 unspecified atom stereocenters. The van der Waals surface area contributed by atoms with Crippen molar-refractivity contribution in [2.24, 2.45) is 11.8 Å². The Morgan fingerprint density at radius 1 is 1.19 bits per heavy atom. The van der Waals surface area contributed by atoms with Crippen molar-refractivity contribution in [1.29, 1.82) is 0 Å². The van der Waals surface area contributed by atoms with Gasteiger partial charge in [0, 0.05) is 29.6 Å². The summed E-state index contributed by atoms with van der Waals surface area (Å²) in [5, 5.41) is 8.08. The topological polar surface area (TPSA) is 87.6 Å². The van der Waals surface area contributed by atoms with E-state index in [0.717, 1.165) is 22.8 Å². The molecule has 2 N–H and O–H groups in total. The van der Waals surface area contributed by atoms with Crippen LogP contribution in [0.2, 0.25) is 0 Å². The van der Waals surface area contributed by atoms with Crippen LogP contribution in [0.25, 0.3) is 16.8 Å². The molecule has 3 heterocycles. The molecular formula is C20H25N5O2. The van der Waals surface area contributed by atoms with Gasteiger partial charge in [-0.2, -0.15) is 0 Å². The van der Waals surface area contributed by atoms with E-state index in [0.29, 0.717) is 30.0 Å². The maximum Gasteiger partial charge on any atom is 0.226 e. The summed E-state index contributed by atoms with van der Waals surface area (Å²) >= 11 is 0. The van der Waals surface area contributed by atoms with Crippen LogP contribution in [0, 0.1) is 11.8 Å². The molecule has 1 saturated carbocycles. The Labute approximate surface area is 158 Å². The van der Waals surface area contributed by atoms with Crippen molar-refractivity contribution in [3.63, 3.8) is 0 Å². The average molecular weight is 367 g/mol. The van der Waals surface area contributed by atoms with E-state index in [2.05, 4.69) is 22.1 Å². The molecule has 0 atom stereocenters. The number of nitrogens with zero attached hydrogens (tertiary/aromatic N) is 4. The third-order valence-electron chi connectivity index (χ3n) is 5.40. The van der Waals surface area contributed by atoms with Crippen molar-refractivity contribution in [3.05, 3.63) is 30.6 Å². The summed E-state index contributed by atoms with van der Waals surface area (Å²) in [7, 11) is 1.61. The number of fused-ring (bicyclic) bond motifs is 1. The predicted molar refractivity (Wildman–Crippen MR) is 104 cm³/mol. The van der Waals surface area contributed by atoms with Crippen LogP contribution in [-0.4, -0.2) is 33.3 Å². The van der Waals surface area contributed by atoms with Crippen LogP contribution in [0.3, 0.4) is 0 Å². The number of hydrogen-bond acceptors (Lipinski definition) is 6. The molecule has 0 bridgehead atoms. The van der Waals surface area contributed by atoms with E-state index >= 15 is 0 Å². The number of aromatic nitrogens is 4. The number of methoxy groups -OCH3 is 1. The highest BCUT2D eigenvalue weighted by Gasteiger charge is 2.21. The quantitative estimate of drug-likeness (QED) is 0.741. The van der Waals surface area contributed by atoms with E-state index in [-0.39, 0.29) is 0 Å². The molecule has 0 saturated heterocycles. The second kappa shape index (κ2) is 7.42. The first-order valence-electron chi connectivity index (χ1n) is 9.42. The lowest BCUT2D eigenvalue weighted by Gasteiger charge is -2.26. The second-order valence-corrected chi connectivity index (χ2v) is 7.33. The van der Waals surface area contributed by atoms with E-state index in [1.807, 2.05) is 24.4 Å². The maximum atomic E-state index is 6.28. The number of anilines is 1. The minimum atomic E-state index is 0.335. The zero-order valence-electron chi connectivity index (χ0n) is 15.8. The van der Waals surface area contributed by atoms with Gasteiger partial charge in [-0.3, -0.25) is 4.40 Å². The Morgan fingerprint density at radius 3 is 2.78 bits per heavy atom. The molecule has 3 aromatic heterocycles. The first-order chi connectivity index (χ1) is 13.2. The second-order valence-electron chi connectivity index (χ2n) is 7.33. The van der Waals surface area contributed by atoms with Gasteiger partial charge in [-0.1, -0.05) is 19.8 Å². The van der Waals surface area contributed by atoms with Gasteiger partial charge in [0.2, 0.25) is 11.8 Å². The van der Waals surface area contributed by atoms with Crippen molar-refractivity contribution in [2.75, 3.05) is 19.5 Å². The van der Waals surface area contributed by atoms with Gasteiger partial charge in [-0.15, -0.1) is 10.2 Å². The van der Waals surface area contributed by atoms with E-state index in [4.69, 9.17) is 15.2 Å². The van der Waals surface area contributed by atoms with Crippen molar-refractivity contribution in [2.45, 2.75) is 32.6 Å². The van der Waals surface area contributed by atoms with E-state index in [1.165, 1.54) is 25.7 Å². The summed E-state index contributed by atoms with van der Waals surface area (Å²) in [4.78, 5) is 4.31. The fraction of sp³-hybridized carbons (Fsp3) is 0.450. The van der Waals surface area contributed by atoms with Crippen LogP contribution < -0.4 is 15.2 Å². The molecule has 1 aliphatic rings. The normalized spacial score (nSPS) is 19.9. The molecular weight excluding hydrogens is 342 g/mol. The molecule has 3 aromatic rings. The number of rotatable bonds is 5. The Hall–Kier alpha value is -2.83. The van der Waals surface area contributed by atoms with Gasteiger partial charge in [0.25, 0.3) is 0 Å². The minimum Gasteiger partial charge on any atom is -0.492 e. The van der Waals surface area contributed by atoms with Crippen LogP contribution in [0.15, 0.2) is 30.6 Å². The van der Waals surface area contributed by atoms with Gasteiger partial charge in [0.05, 0.1) is 13.7 Å². The number of nitrogen functional groups attached to an aromatic ring is 1. The summed E-state index contributed by atoms with van der Waals surface area (Å²) in [5.74, 6) is 3.04. The molecule has 142 valence electrons. The molecule has 1 aliphatic carbocycles. The van der Waals surface area contributed by atoms with Gasteiger partial charge < -0.3 is 15.2 Å². The molecule has 0 radical (unpaired) electrons. The first kappa shape index (κ1) is 17.6. The Morgan fingerprint density at radius 2 is 2.00 bits per heavy atom. The molecule has 1 fully saturated rings. The summed E-state index contributed by atoms with van der Waals surface area (Å²) < 4.78 is 13.5. The third-order valence-corrected chi connectivity index (χ3v) is 5.40. The predicted octanol–water partition coefficient (Wildman–Crippen LogP) is 3.59. The zero-order valence-corrected chi connectivity index (χ0v) is 15.8. The SMILES string of the molecule is COc1ncccc1-c1cn2c(N)nnc2cc1OC[C@H]1CC[C@H](C)CC1. The van der Waals surface area contributed by atoms with Crippen LogP contribution in [0.1, 0.15) is 32.6 Å². The highest BCUT2D eigenvalue weighted by molar-refractivity contribution is 5.76. The lowest BCUT2D eigenvalue weighted by molar-refractivity contribution is 0.188. The van der Waals surface area contributed by atoms with Gasteiger partial charge in [0.1, 0.15) is 5.75 Å². The van der Waals surface area contributed by atoms with Gasteiger partial charge in [-0.05, 0) is 36.8 Å². The maximum absolute atomic E-state index is 6.28. The van der Waals surface area contributed by atoms with Gasteiger partial charge in [0.15, 0.2) is 5.65 Å².